The van der Waals surface area contributed by atoms with Crippen LogP contribution in [0.3, 0.4) is 0 Å². The molecule has 0 N–H and O–H groups in total. The second-order valence-corrected chi connectivity index (χ2v) is 10.8. The van der Waals surface area contributed by atoms with Crippen LogP contribution in [0.15, 0.2) is 67.3 Å². The van der Waals surface area contributed by atoms with Gasteiger partial charge in [0.2, 0.25) is 0 Å². The average Bonchev–Trinajstić information content (AvgIpc) is 2.82. The minimum absolute atomic E-state index is 0.296. The summed E-state index contributed by atoms with van der Waals surface area (Å²) in [6, 6.07) is 19.4. The molecule has 0 unspecified atom stereocenters. The third kappa shape index (κ3) is 3.51. The Labute approximate surface area is 196 Å². The summed E-state index contributed by atoms with van der Waals surface area (Å²) < 4.78 is 4.84. The normalized spacial score (nSPS) is 27.6. The van der Waals surface area contributed by atoms with Crippen LogP contribution in [0.25, 0.3) is 21.9 Å². The van der Waals surface area contributed by atoms with Crippen molar-refractivity contribution >= 4 is 16.7 Å². The number of carbonyl (C=O) groups excluding carboxylic acids is 1. The molecule has 4 bridgehead atoms. The Hall–Kier alpha value is -2.87. The van der Waals surface area contributed by atoms with Crippen molar-refractivity contribution < 1.29 is 9.53 Å². The van der Waals surface area contributed by atoms with E-state index in [1.165, 1.54) is 67.5 Å². The number of fused-ring (bicyclic) bond motifs is 1. The van der Waals surface area contributed by atoms with Crippen molar-refractivity contribution in [2.75, 3.05) is 7.11 Å². The first-order chi connectivity index (χ1) is 16.1. The van der Waals surface area contributed by atoms with Crippen LogP contribution in [-0.2, 0) is 16.6 Å². The van der Waals surface area contributed by atoms with Gasteiger partial charge in [-0.1, -0.05) is 42.5 Å². The van der Waals surface area contributed by atoms with Gasteiger partial charge in [-0.25, -0.2) is 4.79 Å². The number of hydrogen-bond acceptors (Lipinski definition) is 2. The zero-order chi connectivity index (χ0) is 22.6. The number of esters is 1. The Bertz CT molecular complexity index is 1200. The molecule has 4 saturated carbocycles. The molecule has 3 aromatic rings. The van der Waals surface area contributed by atoms with Gasteiger partial charge in [-0.05, 0) is 119 Å². The summed E-state index contributed by atoms with van der Waals surface area (Å²) in [5.74, 6) is 2.50. The first-order valence-electron chi connectivity index (χ1n) is 12.4. The van der Waals surface area contributed by atoms with Gasteiger partial charge in [-0.15, -0.1) is 6.58 Å². The first-order valence-corrected chi connectivity index (χ1v) is 12.4. The van der Waals surface area contributed by atoms with Gasteiger partial charge in [0.25, 0.3) is 0 Å². The molecule has 168 valence electrons. The van der Waals surface area contributed by atoms with Gasteiger partial charge >= 0.3 is 5.97 Å². The van der Waals surface area contributed by atoms with Crippen LogP contribution in [0.4, 0.5) is 0 Å². The Morgan fingerprint density at radius 1 is 0.909 bits per heavy atom. The third-order valence-electron chi connectivity index (χ3n) is 8.68. The number of methoxy groups -OCH3 is 1. The molecule has 2 nitrogen and oxygen atoms in total. The second-order valence-electron chi connectivity index (χ2n) is 10.8. The van der Waals surface area contributed by atoms with Crippen LogP contribution in [0.1, 0.15) is 60.0 Å². The SMILES string of the molecule is C=CCc1cc2ccc(-c3ccc(C(=O)OC)cc3)cc2cc1C12CC3CC(CC(C3)C1)C2. The van der Waals surface area contributed by atoms with Crippen molar-refractivity contribution in [3.8, 4) is 11.1 Å². The molecular weight excluding hydrogens is 404 g/mol. The maximum atomic E-state index is 11.8. The molecule has 4 fully saturated rings. The fourth-order valence-corrected chi connectivity index (χ4v) is 7.70. The smallest absolute Gasteiger partial charge is 0.337 e. The third-order valence-corrected chi connectivity index (χ3v) is 8.68. The second kappa shape index (κ2) is 7.87. The predicted molar refractivity (Wildman–Crippen MR) is 134 cm³/mol. The van der Waals surface area contributed by atoms with Crippen LogP contribution in [-0.4, -0.2) is 13.1 Å². The molecular formula is C31H32O2. The number of hydrogen-bond donors (Lipinski definition) is 0. The van der Waals surface area contributed by atoms with E-state index in [-0.39, 0.29) is 5.97 Å². The van der Waals surface area contributed by atoms with Gasteiger partial charge in [-0.2, -0.15) is 0 Å². The number of ether oxygens (including phenoxy) is 1. The summed E-state index contributed by atoms with van der Waals surface area (Å²) in [7, 11) is 1.42. The minimum atomic E-state index is -0.296. The highest BCUT2D eigenvalue weighted by atomic mass is 16.5. The zero-order valence-corrected chi connectivity index (χ0v) is 19.5. The lowest BCUT2D eigenvalue weighted by atomic mass is 9.47. The Morgan fingerprint density at radius 2 is 1.55 bits per heavy atom. The lowest BCUT2D eigenvalue weighted by molar-refractivity contribution is -0.00546. The standard InChI is InChI=1S/C31H32O2/c1-3-4-27-14-26-10-9-25(23-5-7-24(8-6-23)30(32)33-2)15-28(26)16-29(27)31-17-20-11-21(18-31)13-22(12-20)19-31/h3,5-10,14-16,20-22H,1,4,11-13,17-19H2,2H3. The van der Waals surface area contributed by atoms with E-state index in [0.29, 0.717) is 11.0 Å². The molecule has 0 radical (unpaired) electrons. The van der Waals surface area contributed by atoms with E-state index in [0.717, 1.165) is 29.7 Å². The van der Waals surface area contributed by atoms with E-state index in [9.17, 15) is 4.79 Å². The summed E-state index contributed by atoms with van der Waals surface area (Å²) in [5.41, 5.74) is 6.35. The minimum Gasteiger partial charge on any atom is -0.465 e. The van der Waals surface area contributed by atoms with E-state index in [1.54, 1.807) is 5.56 Å². The maximum absolute atomic E-state index is 11.8. The summed E-state index contributed by atoms with van der Waals surface area (Å²) >= 11 is 0. The highest BCUT2D eigenvalue weighted by Gasteiger charge is 2.52. The highest BCUT2D eigenvalue weighted by molar-refractivity contribution is 5.91. The van der Waals surface area contributed by atoms with Gasteiger partial charge in [0.1, 0.15) is 0 Å². The topological polar surface area (TPSA) is 26.3 Å². The fraction of sp³-hybridized carbons (Fsp3) is 0.387. The first kappa shape index (κ1) is 20.7. The van der Waals surface area contributed by atoms with Gasteiger partial charge in [0.15, 0.2) is 0 Å². The van der Waals surface area contributed by atoms with Crippen LogP contribution in [0.5, 0.6) is 0 Å². The molecule has 0 heterocycles. The van der Waals surface area contributed by atoms with Crippen LogP contribution < -0.4 is 0 Å². The summed E-state index contributed by atoms with van der Waals surface area (Å²) in [6.07, 6.45) is 11.6. The van der Waals surface area contributed by atoms with E-state index in [4.69, 9.17) is 4.74 Å². The molecule has 0 aromatic heterocycles. The van der Waals surface area contributed by atoms with Gasteiger partial charge in [-0.3, -0.25) is 0 Å². The molecule has 0 amide bonds. The number of allylic oxidation sites excluding steroid dienone is 1. The summed E-state index contributed by atoms with van der Waals surface area (Å²) in [5, 5.41) is 2.62. The molecule has 0 atom stereocenters. The molecule has 4 aliphatic rings. The monoisotopic (exact) mass is 436 g/mol. The Kier molecular flexibility index (Phi) is 4.94. The molecule has 4 aliphatic carbocycles. The van der Waals surface area contributed by atoms with E-state index < -0.39 is 0 Å². The zero-order valence-electron chi connectivity index (χ0n) is 19.5. The van der Waals surface area contributed by atoms with Gasteiger partial charge < -0.3 is 4.74 Å². The van der Waals surface area contributed by atoms with Crippen molar-refractivity contribution in [2.24, 2.45) is 17.8 Å². The summed E-state index contributed by atoms with van der Waals surface area (Å²) in [6.45, 7) is 4.07. The van der Waals surface area contributed by atoms with Gasteiger partial charge in [0, 0.05) is 0 Å². The molecule has 0 spiro atoms. The number of rotatable bonds is 5. The fourth-order valence-electron chi connectivity index (χ4n) is 7.70. The van der Waals surface area contributed by atoms with Crippen molar-refractivity contribution in [1.82, 2.24) is 0 Å². The molecule has 2 heteroatoms. The number of carbonyl (C=O) groups is 1. The lowest BCUT2D eigenvalue weighted by Crippen LogP contribution is -2.48. The van der Waals surface area contributed by atoms with Crippen molar-refractivity contribution in [2.45, 2.75) is 50.4 Å². The van der Waals surface area contributed by atoms with Crippen molar-refractivity contribution in [3.05, 3.63) is 83.9 Å². The molecule has 7 rings (SSSR count). The molecule has 33 heavy (non-hydrogen) atoms. The predicted octanol–water partition coefficient (Wildman–Crippen LogP) is 7.49. The Balaban J connectivity index is 1.43. The summed E-state index contributed by atoms with van der Waals surface area (Å²) in [4.78, 5) is 11.8. The van der Waals surface area contributed by atoms with E-state index in [2.05, 4.69) is 43.0 Å². The van der Waals surface area contributed by atoms with E-state index >= 15 is 0 Å². The molecule has 0 saturated heterocycles. The quantitative estimate of drug-likeness (QED) is 0.306. The van der Waals surface area contributed by atoms with Crippen molar-refractivity contribution in [1.29, 1.82) is 0 Å². The maximum Gasteiger partial charge on any atom is 0.337 e. The van der Waals surface area contributed by atoms with Gasteiger partial charge in [0.05, 0.1) is 12.7 Å². The highest BCUT2D eigenvalue weighted by Crippen LogP contribution is 2.61. The Morgan fingerprint density at radius 3 is 2.15 bits per heavy atom. The van der Waals surface area contributed by atoms with E-state index in [1.807, 2.05) is 24.3 Å². The van der Waals surface area contributed by atoms with Crippen molar-refractivity contribution in [3.63, 3.8) is 0 Å². The number of benzene rings is 3. The molecule has 3 aromatic carbocycles. The average molecular weight is 437 g/mol. The molecule has 0 aliphatic heterocycles. The largest absolute Gasteiger partial charge is 0.465 e. The van der Waals surface area contributed by atoms with Crippen LogP contribution in [0.2, 0.25) is 0 Å². The lowest BCUT2D eigenvalue weighted by Gasteiger charge is -2.57. The van der Waals surface area contributed by atoms with Crippen LogP contribution in [0, 0.1) is 17.8 Å². The van der Waals surface area contributed by atoms with Crippen LogP contribution >= 0.6 is 0 Å².